The molecule has 1 fully saturated rings. The molecule has 0 saturated carbocycles. The zero-order valence-corrected chi connectivity index (χ0v) is 14.4. The highest BCUT2D eigenvalue weighted by Gasteiger charge is 2.31. The Morgan fingerprint density at radius 3 is 2.71 bits per heavy atom. The van der Waals surface area contributed by atoms with Crippen LogP contribution in [-0.4, -0.2) is 34.0 Å². The van der Waals surface area contributed by atoms with Gasteiger partial charge in [0.2, 0.25) is 0 Å². The van der Waals surface area contributed by atoms with Crippen LogP contribution in [0.15, 0.2) is 42.5 Å². The second-order valence-corrected chi connectivity index (χ2v) is 6.77. The number of rotatable bonds is 4. The third-order valence-electron chi connectivity index (χ3n) is 4.54. The minimum atomic E-state index is -0.716. The van der Waals surface area contributed by atoms with Crippen molar-refractivity contribution in [2.45, 2.75) is 25.8 Å². The molecule has 1 aromatic carbocycles. The molecule has 1 N–H and O–H groups in total. The molecule has 4 nitrogen and oxygen atoms in total. The predicted molar refractivity (Wildman–Crippen MR) is 94.2 cm³/mol. The van der Waals surface area contributed by atoms with E-state index in [2.05, 4.69) is 4.90 Å². The van der Waals surface area contributed by atoms with E-state index in [0.717, 1.165) is 36.3 Å². The first kappa shape index (κ1) is 16.9. The van der Waals surface area contributed by atoms with Crippen LogP contribution in [0, 0.1) is 12.8 Å². The Labute approximate surface area is 147 Å². The van der Waals surface area contributed by atoms with Gasteiger partial charge in [0.1, 0.15) is 0 Å². The molecule has 3 rings (SSSR count). The standard InChI is InChI=1S/C19H21ClN2O2/c1-13-4-2-6-17(21-13)18(14-7-9-16(20)10-8-14)22-11-3-5-15(12-22)19(23)24/h2,4,6-10,15,18H,3,5,11-12H2,1H3,(H,23,24). The van der Waals surface area contributed by atoms with Crippen molar-refractivity contribution in [2.24, 2.45) is 5.92 Å². The number of pyridine rings is 1. The summed E-state index contributed by atoms with van der Waals surface area (Å²) in [6.45, 7) is 3.38. The summed E-state index contributed by atoms with van der Waals surface area (Å²) >= 11 is 6.03. The molecule has 1 saturated heterocycles. The molecule has 2 aromatic rings. The Morgan fingerprint density at radius 2 is 2.04 bits per heavy atom. The van der Waals surface area contributed by atoms with E-state index in [1.165, 1.54) is 0 Å². The van der Waals surface area contributed by atoms with Crippen molar-refractivity contribution in [2.75, 3.05) is 13.1 Å². The maximum Gasteiger partial charge on any atom is 0.307 e. The van der Waals surface area contributed by atoms with Gasteiger partial charge in [-0.05, 0) is 56.1 Å². The van der Waals surface area contributed by atoms with Crippen LogP contribution in [0.3, 0.4) is 0 Å². The van der Waals surface area contributed by atoms with Gasteiger partial charge in [-0.15, -0.1) is 0 Å². The molecule has 0 spiro atoms. The van der Waals surface area contributed by atoms with E-state index in [0.29, 0.717) is 11.6 Å². The molecule has 24 heavy (non-hydrogen) atoms. The fraction of sp³-hybridized carbons (Fsp3) is 0.368. The van der Waals surface area contributed by atoms with E-state index in [9.17, 15) is 9.90 Å². The number of aromatic nitrogens is 1. The largest absolute Gasteiger partial charge is 0.481 e. The van der Waals surface area contributed by atoms with Crippen LogP contribution in [-0.2, 0) is 4.79 Å². The maximum atomic E-state index is 11.4. The van der Waals surface area contributed by atoms with Crippen LogP contribution in [0.2, 0.25) is 5.02 Å². The smallest absolute Gasteiger partial charge is 0.307 e. The van der Waals surface area contributed by atoms with Crippen LogP contribution in [0.1, 0.15) is 35.8 Å². The van der Waals surface area contributed by atoms with Crippen molar-refractivity contribution in [3.63, 3.8) is 0 Å². The lowest BCUT2D eigenvalue weighted by Gasteiger charge is -2.37. The first-order valence-electron chi connectivity index (χ1n) is 8.20. The molecule has 126 valence electrons. The monoisotopic (exact) mass is 344 g/mol. The van der Waals surface area contributed by atoms with Gasteiger partial charge in [0.25, 0.3) is 0 Å². The summed E-state index contributed by atoms with van der Waals surface area (Å²) in [6.07, 6.45) is 1.62. The number of halogens is 1. The number of likely N-dealkylation sites (tertiary alicyclic amines) is 1. The Hall–Kier alpha value is -1.91. The average Bonchev–Trinajstić information content (AvgIpc) is 2.57. The number of aliphatic carboxylic acids is 1. The lowest BCUT2D eigenvalue weighted by Crippen LogP contribution is -2.41. The second kappa shape index (κ2) is 7.32. The molecule has 2 unspecified atom stereocenters. The quantitative estimate of drug-likeness (QED) is 0.913. The van der Waals surface area contributed by atoms with E-state index in [-0.39, 0.29) is 12.0 Å². The van der Waals surface area contributed by atoms with Gasteiger partial charge in [0, 0.05) is 17.3 Å². The summed E-state index contributed by atoms with van der Waals surface area (Å²) < 4.78 is 0. The normalized spacial score (nSPS) is 19.8. The summed E-state index contributed by atoms with van der Waals surface area (Å²) in [6, 6.07) is 13.7. The second-order valence-electron chi connectivity index (χ2n) is 6.33. The van der Waals surface area contributed by atoms with E-state index < -0.39 is 5.97 Å². The number of hydrogen-bond acceptors (Lipinski definition) is 3. The highest BCUT2D eigenvalue weighted by molar-refractivity contribution is 6.30. The summed E-state index contributed by atoms with van der Waals surface area (Å²) in [5.41, 5.74) is 2.99. The molecular weight excluding hydrogens is 324 g/mol. The van der Waals surface area contributed by atoms with Crippen molar-refractivity contribution in [1.82, 2.24) is 9.88 Å². The molecule has 1 aromatic heterocycles. The van der Waals surface area contributed by atoms with Crippen LogP contribution in [0.25, 0.3) is 0 Å². The number of aryl methyl sites for hydroxylation is 1. The van der Waals surface area contributed by atoms with Crippen LogP contribution >= 0.6 is 11.6 Å². The summed E-state index contributed by atoms with van der Waals surface area (Å²) in [5, 5.41) is 10.1. The number of carboxylic acids is 1. The summed E-state index contributed by atoms with van der Waals surface area (Å²) in [5.74, 6) is -1.04. The van der Waals surface area contributed by atoms with Gasteiger partial charge in [0.05, 0.1) is 17.7 Å². The fourth-order valence-corrected chi connectivity index (χ4v) is 3.50. The molecule has 0 bridgehead atoms. The number of carbonyl (C=O) groups is 1. The number of carboxylic acid groups (broad SMARTS) is 1. The van der Waals surface area contributed by atoms with Gasteiger partial charge in [-0.2, -0.15) is 0 Å². The lowest BCUT2D eigenvalue weighted by molar-refractivity contribution is -0.143. The molecule has 0 amide bonds. The summed E-state index contributed by atoms with van der Waals surface area (Å²) in [4.78, 5) is 18.4. The van der Waals surface area contributed by atoms with Gasteiger partial charge in [-0.3, -0.25) is 14.7 Å². The topological polar surface area (TPSA) is 53.4 Å². The molecule has 0 radical (unpaired) electrons. The number of piperidine rings is 1. The molecule has 1 aliphatic rings. The van der Waals surface area contributed by atoms with Crippen molar-refractivity contribution < 1.29 is 9.90 Å². The van der Waals surface area contributed by atoms with E-state index in [1.54, 1.807) is 0 Å². The third kappa shape index (κ3) is 3.77. The minimum Gasteiger partial charge on any atom is -0.481 e. The Morgan fingerprint density at radius 1 is 1.29 bits per heavy atom. The van der Waals surface area contributed by atoms with Crippen molar-refractivity contribution in [3.8, 4) is 0 Å². The van der Waals surface area contributed by atoms with E-state index in [4.69, 9.17) is 16.6 Å². The SMILES string of the molecule is Cc1cccc(C(c2ccc(Cl)cc2)N2CCCC(C(=O)O)C2)n1. The summed E-state index contributed by atoms with van der Waals surface area (Å²) in [7, 11) is 0. The Bertz CT molecular complexity index is 718. The first-order valence-corrected chi connectivity index (χ1v) is 8.58. The minimum absolute atomic E-state index is 0.0516. The van der Waals surface area contributed by atoms with Crippen LogP contribution in [0.5, 0.6) is 0 Å². The van der Waals surface area contributed by atoms with Gasteiger partial charge in [-0.1, -0.05) is 29.8 Å². The lowest BCUT2D eigenvalue weighted by atomic mass is 9.93. The van der Waals surface area contributed by atoms with Crippen molar-refractivity contribution >= 4 is 17.6 Å². The predicted octanol–water partition coefficient (Wildman–Crippen LogP) is 3.93. The zero-order valence-electron chi connectivity index (χ0n) is 13.7. The van der Waals surface area contributed by atoms with E-state index >= 15 is 0 Å². The molecule has 0 aliphatic carbocycles. The fourth-order valence-electron chi connectivity index (χ4n) is 3.37. The van der Waals surface area contributed by atoms with Crippen molar-refractivity contribution in [1.29, 1.82) is 0 Å². The molecular formula is C19H21ClN2O2. The van der Waals surface area contributed by atoms with Gasteiger partial charge >= 0.3 is 5.97 Å². The third-order valence-corrected chi connectivity index (χ3v) is 4.79. The number of benzene rings is 1. The highest BCUT2D eigenvalue weighted by atomic mass is 35.5. The van der Waals surface area contributed by atoms with Crippen LogP contribution < -0.4 is 0 Å². The van der Waals surface area contributed by atoms with Gasteiger partial charge < -0.3 is 5.11 Å². The number of hydrogen-bond donors (Lipinski definition) is 1. The Kier molecular flexibility index (Phi) is 5.17. The Balaban J connectivity index is 1.98. The van der Waals surface area contributed by atoms with Gasteiger partial charge in [-0.25, -0.2) is 0 Å². The zero-order chi connectivity index (χ0) is 17.1. The average molecular weight is 345 g/mol. The molecule has 2 heterocycles. The highest BCUT2D eigenvalue weighted by Crippen LogP contribution is 2.32. The maximum absolute atomic E-state index is 11.4. The van der Waals surface area contributed by atoms with Crippen molar-refractivity contribution in [3.05, 3.63) is 64.4 Å². The number of nitrogens with zero attached hydrogens (tertiary/aromatic N) is 2. The first-order chi connectivity index (χ1) is 11.5. The molecule has 1 aliphatic heterocycles. The van der Waals surface area contributed by atoms with E-state index in [1.807, 2.05) is 49.4 Å². The molecule has 5 heteroatoms. The van der Waals surface area contributed by atoms with Crippen LogP contribution in [0.4, 0.5) is 0 Å². The molecule has 2 atom stereocenters. The van der Waals surface area contributed by atoms with Gasteiger partial charge in [0.15, 0.2) is 0 Å².